The van der Waals surface area contributed by atoms with E-state index in [2.05, 4.69) is 0 Å². The number of anilines is 3. The van der Waals surface area contributed by atoms with Gasteiger partial charge in [-0.15, -0.1) is 0 Å². The molecule has 1 heterocycles. The first-order valence-corrected chi connectivity index (χ1v) is 7.16. The maximum atomic E-state index is 13.9. The van der Waals surface area contributed by atoms with E-state index in [-0.39, 0.29) is 5.69 Å². The summed E-state index contributed by atoms with van der Waals surface area (Å²) in [6.45, 7) is 0. The van der Waals surface area contributed by atoms with Gasteiger partial charge in [0.2, 0.25) is 0 Å². The van der Waals surface area contributed by atoms with Gasteiger partial charge >= 0.3 is 10.2 Å². The Labute approximate surface area is 115 Å². The number of para-hydroxylation sites is 2. The lowest BCUT2D eigenvalue weighted by atomic mass is 10.2. The predicted octanol–water partition coefficient (Wildman–Crippen LogP) is 2.80. The van der Waals surface area contributed by atoms with Crippen molar-refractivity contribution in [3.05, 3.63) is 54.1 Å². The molecule has 1 aliphatic rings. The lowest BCUT2D eigenvalue weighted by Gasteiger charge is -2.19. The first-order valence-electron chi connectivity index (χ1n) is 5.76. The molecule has 4 nitrogen and oxygen atoms in total. The van der Waals surface area contributed by atoms with Crippen LogP contribution in [0.2, 0.25) is 0 Å². The molecular weight excluding hydrogens is 286 g/mol. The Morgan fingerprint density at radius 2 is 1.60 bits per heavy atom. The minimum absolute atomic E-state index is 0.205. The van der Waals surface area contributed by atoms with E-state index in [0.29, 0.717) is 17.4 Å². The number of rotatable bonds is 1. The van der Waals surface area contributed by atoms with Crippen molar-refractivity contribution in [1.29, 1.82) is 0 Å². The van der Waals surface area contributed by atoms with Crippen LogP contribution >= 0.6 is 0 Å². The fourth-order valence-electron chi connectivity index (χ4n) is 2.17. The second kappa shape index (κ2) is 4.17. The van der Waals surface area contributed by atoms with Crippen LogP contribution in [0.3, 0.4) is 0 Å². The van der Waals surface area contributed by atoms with Crippen LogP contribution in [-0.4, -0.2) is 15.5 Å². The first kappa shape index (κ1) is 12.9. The highest BCUT2D eigenvalue weighted by atomic mass is 32.2. The Balaban J connectivity index is 2.27. The lowest BCUT2D eigenvalue weighted by molar-refractivity contribution is 0.579. The molecule has 0 aromatic heterocycles. The number of hydrogen-bond acceptors (Lipinski definition) is 2. The highest BCUT2D eigenvalue weighted by Gasteiger charge is 2.40. The van der Waals surface area contributed by atoms with Crippen molar-refractivity contribution in [3.63, 3.8) is 0 Å². The molecule has 0 aliphatic carbocycles. The summed E-state index contributed by atoms with van der Waals surface area (Å²) < 4.78 is 53.6. The van der Waals surface area contributed by atoms with Gasteiger partial charge in [0.1, 0.15) is 5.82 Å². The van der Waals surface area contributed by atoms with Crippen LogP contribution in [0.15, 0.2) is 42.5 Å². The summed E-state index contributed by atoms with van der Waals surface area (Å²) in [5.74, 6) is -1.69. The average Bonchev–Trinajstić information content (AvgIpc) is 2.59. The zero-order valence-corrected chi connectivity index (χ0v) is 11.2. The highest BCUT2D eigenvalue weighted by Crippen LogP contribution is 2.44. The van der Waals surface area contributed by atoms with Gasteiger partial charge in [-0.05, 0) is 24.3 Å². The minimum atomic E-state index is -3.91. The van der Waals surface area contributed by atoms with E-state index in [1.54, 1.807) is 24.3 Å². The van der Waals surface area contributed by atoms with Gasteiger partial charge in [-0.25, -0.2) is 13.1 Å². The number of benzene rings is 2. The van der Waals surface area contributed by atoms with Gasteiger partial charge in [-0.1, -0.05) is 12.1 Å². The molecule has 0 saturated heterocycles. The highest BCUT2D eigenvalue weighted by molar-refractivity contribution is 7.95. The normalized spacial score (nSPS) is 16.4. The molecular formula is C13H10F2N2O2S. The van der Waals surface area contributed by atoms with Crippen molar-refractivity contribution in [3.8, 4) is 0 Å². The molecule has 0 radical (unpaired) electrons. The molecule has 0 saturated carbocycles. The van der Waals surface area contributed by atoms with E-state index in [4.69, 9.17) is 0 Å². The van der Waals surface area contributed by atoms with Gasteiger partial charge in [-0.2, -0.15) is 8.42 Å². The summed E-state index contributed by atoms with van der Waals surface area (Å²) >= 11 is 0. The topological polar surface area (TPSA) is 40.6 Å². The average molecular weight is 296 g/mol. The predicted molar refractivity (Wildman–Crippen MR) is 72.3 cm³/mol. The van der Waals surface area contributed by atoms with Crippen molar-refractivity contribution in [1.82, 2.24) is 0 Å². The zero-order chi connectivity index (χ0) is 14.5. The van der Waals surface area contributed by atoms with Gasteiger partial charge in [0, 0.05) is 13.1 Å². The standard InChI is InChI=1S/C13H10F2N2O2S/c1-16-12-4-2-3-5-13(12)17(20(16,18)19)11-7-6-9(14)8-10(11)15/h2-8H,1H3. The SMILES string of the molecule is CN1c2ccccc2N(c2ccc(F)cc2F)S1(=O)=O. The summed E-state index contributed by atoms with van der Waals surface area (Å²) in [6, 6.07) is 9.32. The van der Waals surface area contributed by atoms with Gasteiger partial charge in [-0.3, -0.25) is 4.31 Å². The summed E-state index contributed by atoms with van der Waals surface area (Å²) in [6.07, 6.45) is 0. The van der Waals surface area contributed by atoms with Crippen LogP contribution in [0.1, 0.15) is 0 Å². The van der Waals surface area contributed by atoms with Crippen molar-refractivity contribution in [2.24, 2.45) is 0 Å². The van der Waals surface area contributed by atoms with E-state index in [9.17, 15) is 17.2 Å². The molecule has 20 heavy (non-hydrogen) atoms. The summed E-state index contributed by atoms with van der Waals surface area (Å²) in [5, 5.41) is 0. The second-order valence-corrected chi connectivity index (χ2v) is 6.13. The fourth-order valence-corrected chi connectivity index (χ4v) is 3.62. The van der Waals surface area contributed by atoms with Gasteiger partial charge in [0.25, 0.3) is 0 Å². The molecule has 0 spiro atoms. The largest absolute Gasteiger partial charge is 0.330 e. The van der Waals surface area contributed by atoms with Crippen LogP contribution in [0.4, 0.5) is 25.8 Å². The molecule has 0 fully saturated rings. The summed E-state index contributed by atoms with van der Waals surface area (Å²) in [5.41, 5.74) is 0.569. The first-order chi connectivity index (χ1) is 9.43. The third-order valence-corrected chi connectivity index (χ3v) is 4.89. The van der Waals surface area contributed by atoms with Crippen molar-refractivity contribution in [2.75, 3.05) is 15.7 Å². The zero-order valence-electron chi connectivity index (χ0n) is 10.4. The number of fused-ring (bicyclic) bond motifs is 1. The van der Waals surface area contributed by atoms with Crippen LogP contribution in [-0.2, 0) is 10.2 Å². The van der Waals surface area contributed by atoms with Crippen LogP contribution in [0.25, 0.3) is 0 Å². The van der Waals surface area contributed by atoms with Crippen LogP contribution < -0.4 is 8.61 Å². The Morgan fingerprint density at radius 1 is 0.950 bits per heavy atom. The monoisotopic (exact) mass is 296 g/mol. The Kier molecular flexibility index (Phi) is 2.68. The smallest absolute Gasteiger partial charge is 0.254 e. The van der Waals surface area contributed by atoms with E-state index in [1.807, 2.05) is 0 Å². The van der Waals surface area contributed by atoms with Crippen LogP contribution in [0.5, 0.6) is 0 Å². The minimum Gasteiger partial charge on any atom is -0.254 e. The summed E-state index contributed by atoms with van der Waals surface area (Å²) in [4.78, 5) is 0. The molecule has 0 atom stereocenters. The third kappa shape index (κ3) is 1.66. The van der Waals surface area contributed by atoms with E-state index in [0.717, 1.165) is 20.7 Å². The molecule has 0 amide bonds. The Bertz CT molecular complexity index is 793. The van der Waals surface area contributed by atoms with Gasteiger partial charge in [0.15, 0.2) is 5.82 Å². The Morgan fingerprint density at radius 3 is 2.25 bits per heavy atom. The van der Waals surface area contributed by atoms with Crippen LogP contribution in [0, 0.1) is 11.6 Å². The molecule has 3 rings (SSSR count). The molecule has 104 valence electrons. The van der Waals surface area contributed by atoms with Crippen molar-refractivity contribution in [2.45, 2.75) is 0 Å². The third-order valence-electron chi connectivity index (χ3n) is 3.15. The van der Waals surface area contributed by atoms with Crippen molar-refractivity contribution < 1.29 is 17.2 Å². The molecule has 1 aliphatic heterocycles. The van der Waals surface area contributed by atoms with Gasteiger partial charge < -0.3 is 0 Å². The molecule has 0 bridgehead atoms. The quantitative estimate of drug-likeness (QED) is 0.812. The van der Waals surface area contributed by atoms with E-state index < -0.39 is 21.8 Å². The maximum Gasteiger partial charge on any atom is 0.330 e. The maximum absolute atomic E-state index is 13.9. The number of halogens is 2. The van der Waals surface area contributed by atoms with E-state index in [1.165, 1.54) is 7.05 Å². The summed E-state index contributed by atoms with van der Waals surface area (Å²) in [7, 11) is -2.52. The van der Waals surface area contributed by atoms with E-state index >= 15 is 0 Å². The number of hydrogen-bond donors (Lipinski definition) is 0. The molecule has 0 unspecified atom stereocenters. The second-order valence-electron chi connectivity index (χ2n) is 4.32. The van der Waals surface area contributed by atoms with Gasteiger partial charge in [0.05, 0.1) is 17.1 Å². The fraction of sp³-hybridized carbons (Fsp3) is 0.0769. The lowest BCUT2D eigenvalue weighted by Crippen LogP contribution is -2.32. The molecule has 0 N–H and O–H groups in total. The van der Waals surface area contributed by atoms with Crippen molar-refractivity contribution >= 4 is 27.3 Å². The molecule has 7 heteroatoms. The number of nitrogens with zero attached hydrogens (tertiary/aromatic N) is 2. The molecule has 2 aromatic carbocycles. The Hall–Kier alpha value is -2.15. The molecule has 2 aromatic rings.